The van der Waals surface area contributed by atoms with Crippen LogP contribution in [0.3, 0.4) is 0 Å². The van der Waals surface area contributed by atoms with Crippen molar-refractivity contribution in [2.75, 3.05) is 0 Å². The van der Waals surface area contributed by atoms with Gasteiger partial charge in [-0.15, -0.1) is 0 Å². The third-order valence-corrected chi connectivity index (χ3v) is 2.05. The van der Waals surface area contributed by atoms with E-state index in [0.717, 1.165) is 11.1 Å². The van der Waals surface area contributed by atoms with E-state index < -0.39 is 0 Å². The zero-order valence-corrected chi connectivity index (χ0v) is 8.31. The fourth-order valence-electron chi connectivity index (χ4n) is 1.24. The van der Waals surface area contributed by atoms with Gasteiger partial charge in [0.1, 0.15) is 0 Å². The molecular formula is C12H9N3. The molecule has 0 fully saturated rings. The van der Waals surface area contributed by atoms with Gasteiger partial charge in [0, 0.05) is 18.0 Å². The normalized spacial score (nSPS) is 9.60. The molecule has 15 heavy (non-hydrogen) atoms. The quantitative estimate of drug-likeness (QED) is 0.701. The van der Waals surface area contributed by atoms with Crippen molar-refractivity contribution in [2.45, 2.75) is 6.92 Å². The maximum absolute atomic E-state index is 8.65. The third kappa shape index (κ3) is 2.00. The highest BCUT2D eigenvalue weighted by atomic mass is 14.9. The van der Waals surface area contributed by atoms with Crippen LogP contribution < -0.4 is 0 Å². The fourth-order valence-corrected chi connectivity index (χ4v) is 1.24. The predicted octanol–water partition coefficient (Wildman–Crippen LogP) is 2.32. The molecule has 0 aliphatic rings. The van der Waals surface area contributed by atoms with Crippen molar-refractivity contribution in [1.82, 2.24) is 9.97 Å². The number of hydrogen-bond acceptors (Lipinski definition) is 3. The average molecular weight is 195 g/mol. The van der Waals surface area contributed by atoms with Crippen LogP contribution in [-0.2, 0) is 0 Å². The van der Waals surface area contributed by atoms with Crippen LogP contribution in [0.4, 0.5) is 0 Å². The van der Waals surface area contributed by atoms with Crippen LogP contribution in [-0.4, -0.2) is 9.97 Å². The highest BCUT2D eigenvalue weighted by Crippen LogP contribution is 2.14. The van der Waals surface area contributed by atoms with Crippen LogP contribution in [0.15, 0.2) is 36.7 Å². The first-order chi connectivity index (χ1) is 7.29. The summed E-state index contributed by atoms with van der Waals surface area (Å²) in [5.41, 5.74) is 2.60. The Hall–Kier alpha value is -2.21. The highest BCUT2D eigenvalue weighted by molar-refractivity contribution is 5.56. The van der Waals surface area contributed by atoms with Crippen LogP contribution in [0.25, 0.3) is 11.4 Å². The largest absolute Gasteiger partial charge is 0.236 e. The Morgan fingerprint density at radius 3 is 2.20 bits per heavy atom. The molecule has 72 valence electrons. The Morgan fingerprint density at radius 2 is 1.67 bits per heavy atom. The lowest BCUT2D eigenvalue weighted by molar-refractivity contribution is 1.14. The Kier molecular flexibility index (Phi) is 2.42. The lowest BCUT2D eigenvalue weighted by Crippen LogP contribution is -1.88. The van der Waals surface area contributed by atoms with Crippen LogP contribution in [0.2, 0.25) is 0 Å². The van der Waals surface area contributed by atoms with Gasteiger partial charge in [-0.3, -0.25) is 0 Å². The number of rotatable bonds is 1. The predicted molar refractivity (Wildman–Crippen MR) is 56.9 cm³/mol. The van der Waals surface area contributed by atoms with Crippen molar-refractivity contribution in [3.05, 3.63) is 47.8 Å². The van der Waals surface area contributed by atoms with Gasteiger partial charge in [-0.2, -0.15) is 5.26 Å². The summed E-state index contributed by atoms with van der Waals surface area (Å²) in [5, 5.41) is 8.65. The van der Waals surface area contributed by atoms with Crippen molar-refractivity contribution in [1.29, 1.82) is 5.26 Å². The van der Waals surface area contributed by atoms with Gasteiger partial charge < -0.3 is 0 Å². The molecule has 0 saturated carbocycles. The van der Waals surface area contributed by atoms with Crippen molar-refractivity contribution in [3.8, 4) is 17.5 Å². The van der Waals surface area contributed by atoms with E-state index in [4.69, 9.17) is 5.26 Å². The second kappa shape index (κ2) is 3.89. The summed E-state index contributed by atoms with van der Waals surface area (Å²) in [6.07, 6.45) is 3.56. The second-order valence-corrected chi connectivity index (χ2v) is 3.27. The Labute approximate surface area is 88.1 Å². The molecule has 0 bridgehead atoms. The van der Waals surface area contributed by atoms with Gasteiger partial charge in [0.05, 0.1) is 11.6 Å². The van der Waals surface area contributed by atoms with Crippen molar-refractivity contribution < 1.29 is 0 Å². The molecule has 0 aliphatic carbocycles. The Morgan fingerprint density at radius 1 is 1.07 bits per heavy atom. The summed E-state index contributed by atoms with van der Waals surface area (Å²) in [5.74, 6) is 0.685. The molecule has 3 heteroatoms. The standard InChI is InChI=1S/C12H9N3/c1-9-7-14-12(15-8-9)11-4-2-10(6-13)3-5-11/h2-5,7-8H,1H3. The maximum atomic E-state index is 8.65. The number of hydrogen-bond donors (Lipinski definition) is 0. The van der Waals surface area contributed by atoms with E-state index in [1.807, 2.05) is 19.1 Å². The lowest BCUT2D eigenvalue weighted by atomic mass is 10.1. The van der Waals surface area contributed by atoms with Crippen molar-refractivity contribution >= 4 is 0 Å². The lowest BCUT2D eigenvalue weighted by Gasteiger charge is -1.99. The first-order valence-electron chi connectivity index (χ1n) is 4.59. The van der Waals surface area contributed by atoms with E-state index in [9.17, 15) is 0 Å². The number of benzene rings is 1. The molecule has 1 aromatic carbocycles. The molecule has 0 aliphatic heterocycles. The summed E-state index contributed by atoms with van der Waals surface area (Å²) < 4.78 is 0. The maximum Gasteiger partial charge on any atom is 0.159 e. The van der Waals surface area contributed by atoms with Crippen LogP contribution >= 0.6 is 0 Å². The summed E-state index contributed by atoms with van der Waals surface area (Å²) in [7, 11) is 0. The molecule has 0 N–H and O–H groups in total. The first kappa shape index (κ1) is 9.35. The summed E-state index contributed by atoms with van der Waals surface area (Å²) in [6.45, 7) is 1.95. The zero-order valence-electron chi connectivity index (χ0n) is 8.31. The van der Waals surface area contributed by atoms with Crippen LogP contribution in [0.5, 0.6) is 0 Å². The molecule has 0 spiro atoms. The van der Waals surface area contributed by atoms with Gasteiger partial charge in [0.15, 0.2) is 5.82 Å². The number of nitrogens with zero attached hydrogens (tertiary/aromatic N) is 3. The molecule has 2 aromatic rings. The molecule has 0 amide bonds. The SMILES string of the molecule is Cc1cnc(-c2ccc(C#N)cc2)nc1. The fraction of sp³-hybridized carbons (Fsp3) is 0.0833. The molecule has 0 saturated heterocycles. The molecule has 0 radical (unpaired) electrons. The average Bonchev–Trinajstić information content (AvgIpc) is 2.30. The monoisotopic (exact) mass is 195 g/mol. The van der Waals surface area contributed by atoms with Gasteiger partial charge in [-0.1, -0.05) is 0 Å². The van der Waals surface area contributed by atoms with Crippen molar-refractivity contribution in [2.24, 2.45) is 0 Å². The molecule has 0 atom stereocenters. The Bertz CT molecular complexity index is 492. The van der Waals surface area contributed by atoms with Crippen LogP contribution in [0.1, 0.15) is 11.1 Å². The molecule has 1 aromatic heterocycles. The molecular weight excluding hydrogens is 186 g/mol. The van der Waals surface area contributed by atoms with Gasteiger partial charge in [0.2, 0.25) is 0 Å². The summed E-state index contributed by atoms with van der Waals surface area (Å²) in [6, 6.07) is 9.30. The smallest absolute Gasteiger partial charge is 0.159 e. The summed E-state index contributed by atoms with van der Waals surface area (Å²) in [4.78, 5) is 8.42. The third-order valence-electron chi connectivity index (χ3n) is 2.05. The second-order valence-electron chi connectivity index (χ2n) is 3.27. The summed E-state index contributed by atoms with van der Waals surface area (Å²) >= 11 is 0. The van der Waals surface area contributed by atoms with E-state index >= 15 is 0 Å². The van der Waals surface area contributed by atoms with Gasteiger partial charge in [0.25, 0.3) is 0 Å². The highest BCUT2D eigenvalue weighted by Gasteiger charge is 1.99. The van der Waals surface area contributed by atoms with Gasteiger partial charge in [-0.25, -0.2) is 9.97 Å². The molecule has 3 nitrogen and oxygen atoms in total. The van der Waals surface area contributed by atoms with Gasteiger partial charge >= 0.3 is 0 Å². The molecule has 2 rings (SSSR count). The van der Waals surface area contributed by atoms with Crippen LogP contribution in [0, 0.1) is 18.3 Å². The van der Waals surface area contributed by atoms with E-state index in [0.29, 0.717) is 11.4 Å². The van der Waals surface area contributed by atoms with E-state index in [-0.39, 0.29) is 0 Å². The zero-order chi connectivity index (χ0) is 10.7. The van der Waals surface area contributed by atoms with E-state index in [1.165, 1.54) is 0 Å². The van der Waals surface area contributed by atoms with Crippen molar-refractivity contribution in [3.63, 3.8) is 0 Å². The molecule has 1 heterocycles. The minimum Gasteiger partial charge on any atom is -0.236 e. The van der Waals surface area contributed by atoms with Gasteiger partial charge in [-0.05, 0) is 36.8 Å². The molecule has 0 unspecified atom stereocenters. The minimum atomic E-state index is 0.644. The first-order valence-corrected chi connectivity index (χ1v) is 4.59. The topological polar surface area (TPSA) is 49.6 Å². The van der Waals surface area contributed by atoms with E-state index in [2.05, 4.69) is 16.0 Å². The van der Waals surface area contributed by atoms with E-state index in [1.54, 1.807) is 24.5 Å². The Balaban J connectivity index is 2.38. The number of nitriles is 1. The minimum absolute atomic E-state index is 0.644. The number of aromatic nitrogens is 2. The number of aryl methyl sites for hydroxylation is 1.